The zero-order valence-corrected chi connectivity index (χ0v) is 18.5. The lowest BCUT2D eigenvalue weighted by Crippen LogP contribution is -2.46. The van der Waals surface area contributed by atoms with Gasteiger partial charge >= 0.3 is 0 Å². The van der Waals surface area contributed by atoms with E-state index in [4.69, 9.17) is 10.4 Å². The van der Waals surface area contributed by atoms with E-state index in [0.717, 1.165) is 83.0 Å². The lowest BCUT2D eigenvalue weighted by molar-refractivity contribution is 0.0736. The molecule has 3 aromatic rings. The number of aryl methyl sites for hydroxylation is 2. The Labute approximate surface area is 186 Å². The van der Waals surface area contributed by atoms with Crippen molar-refractivity contribution in [1.82, 2.24) is 15.2 Å². The largest absolute Gasteiger partial charge is 0.336 e. The molecule has 1 amide bonds. The van der Waals surface area contributed by atoms with Crippen LogP contribution in [-0.4, -0.2) is 53.9 Å². The first-order valence-electron chi connectivity index (χ1n) is 10.8. The summed E-state index contributed by atoms with van der Waals surface area (Å²) in [5.74, 6) is 2.12. The minimum absolute atomic E-state index is 0.100. The van der Waals surface area contributed by atoms with Crippen molar-refractivity contribution in [2.24, 2.45) is 0 Å². The number of nitrogens with zero attached hydrogens (tertiary/aromatic N) is 2. The molecule has 158 valence electrons. The number of piperazine rings is 1. The maximum absolute atomic E-state index is 12.8. The maximum atomic E-state index is 12.8. The van der Waals surface area contributed by atoms with E-state index in [1.807, 2.05) is 40.9 Å². The molecule has 3 heterocycles. The van der Waals surface area contributed by atoms with E-state index >= 15 is 0 Å². The second-order valence-electron chi connectivity index (χ2n) is 8.17. The molecule has 0 saturated carbocycles. The molecule has 0 radical (unpaired) electrons. The highest BCUT2D eigenvalue weighted by Crippen LogP contribution is 2.38. The Hall–Kier alpha value is -2.70. The molecule has 1 aromatic heterocycles. The number of benzene rings is 2. The Bertz CT molecular complexity index is 1170. The predicted molar refractivity (Wildman–Crippen MR) is 128 cm³/mol. The van der Waals surface area contributed by atoms with Crippen molar-refractivity contribution in [3.05, 3.63) is 64.2 Å². The highest BCUT2D eigenvalue weighted by molar-refractivity contribution is 7.98. The molecule has 2 aliphatic heterocycles. The van der Waals surface area contributed by atoms with E-state index in [1.165, 1.54) is 17.3 Å². The molecule has 6 heteroatoms. The summed E-state index contributed by atoms with van der Waals surface area (Å²) in [6, 6.07) is 12.1. The van der Waals surface area contributed by atoms with Crippen LogP contribution in [0, 0.1) is 12.3 Å². The van der Waals surface area contributed by atoms with Crippen molar-refractivity contribution in [3.8, 4) is 11.3 Å². The summed E-state index contributed by atoms with van der Waals surface area (Å²) in [5, 5.41) is 12.4. The number of thioether (sulfide) groups is 1. The third kappa shape index (κ3) is 3.64. The van der Waals surface area contributed by atoms with Gasteiger partial charge in [-0.3, -0.25) is 4.79 Å². The molecule has 0 aliphatic carbocycles. The third-order valence-corrected chi connectivity index (χ3v) is 7.31. The number of hydrogen-bond acceptors (Lipinski definition) is 5. The summed E-state index contributed by atoms with van der Waals surface area (Å²) >= 11 is 1.94. The van der Waals surface area contributed by atoms with Crippen LogP contribution in [0.4, 0.5) is 0 Å². The van der Waals surface area contributed by atoms with Crippen LogP contribution >= 0.6 is 11.8 Å². The van der Waals surface area contributed by atoms with Crippen LogP contribution in [-0.2, 0) is 12.2 Å². The zero-order valence-electron chi connectivity index (χ0n) is 17.7. The number of nitrogens with one attached hydrogen (secondary N) is 2. The molecule has 2 aromatic carbocycles. The molecule has 0 bridgehead atoms. The van der Waals surface area contributed by atoms with Crippen molar-refractivity contribution in [3.63, 3.8) is 0 Å². The monoisotopic (exact) mass is 430 g/mol. The molecular weight excluding hydrogens is 404 g/mol. The van der Waals surface area contributed by atoms with Crippen LogP contribution in [0.1, 0.15) is 32.6 Å². The van der Waals surface area contributed by atoms with Crippen molar-refractivity contribution in [1.29, 1.82) is 5.41 Å². The Kier molecular flexibility index (Phi) is 5.50. The van der Waals surface area contributed by atoms with Gasteiger partial charge in [0, 0.05) is 60.2 Å². The fraction of sp³-hybridized carbons (Fsp3) is 0.320. The lowest BCUT2D eigenvalue weighted by atomic mass is 9.91. The first-order chi connectivity index (χ1) is 15.2. The van der Waals surface area contributed by atoms with Crippen molar-refractivity contribution >= 4 is 34.8 Å². The minimum Gasteiger partial charge on any atom is -0.336 e. The van der Waals surface area contributed by atoms with Crippen molar-refractivity contribution < 1.29 is 4.79 Å². The molecule has 5 nitrogen and oxygen atoms in total. The molecular formula is C25H26N4OS. The molecule has 5 rings (SSSR count). The predicted octanol–water partition coefficient (Wildman–Crippen LogP) is 4.04. The normalized spacial score (nSPS) is 16.2. The molecule has 0 spiro atoms. The summed E-state index contributed by atoms with van der Waals surface area (Å²) in [6.07, 6.45) is 2.47. The molecule has 2 N–H and O–H groups in total. The second-order valence-corrected chi connectivity index (χ2v) is 9.28. The van der Waals surface area contributed by atoms with Crippen LogP contribution < -0.4 is 5.32 Å². The summed E-state index contributed by atoms with van der Waals surface area (Å²) in [5.41, 5.74) is 8.46. The Morgan fingerprint density at radius 3 is 2.65 bits per heavy atom. The van der Waals surface area contributed by atoms with E-state index in [0.29, 0.717) is 0 Å². The van der Waals surface area contributed by atoms with E-state index in [2.05, 4.69) is 24.4 Å². The molecule has 0 atom stereocenters. The summed E-state index contributed by atoms with van der Waals surface area (Å²) < 4.78 is 0. The molecule has 0 unspecified atom stereocenters. The number of fused-ring (bicyclic) bond motifs is 3. The van der Waals surface area contributed by atoms with Gasteiger partial charge in [-0.1, -0.05) is 18.2 Å². The van der Waals surface area contributed by atoms with Gasteiger partial charge in [-0.25, -0.2) is 4.98 Å². The van der Waals surface area contributed by atoms with Gasteiger partial charge in [-0.15, -0.1) is 0 Å². The van der Waals surface area contributed by atoms with E-state index < -0.39 is 0 Å². The van der Waals surface area contributed by atoms with E-state index in [-0.39, 0.29) is 5.91 Å². The van der Waals surface area contributed by atoms with Gasteiger partial charge in [0.05, 0.1) is 11.2 Å². The molecule has 31 heavy (non-hydrogen) atoms. The van der Waals surface area contributed by atoms with Gasteiger partial charge < -0.3 is 15.6 Å². The molecule has 2 aliphatic rings. The number of carbonyl (C=O) groups excluding carboxylic acids is 1. The van der Waals surface area contributed by atoms with Gasteiger partial charge in [0.15, 0.2) is 0 Å². The van der Waals surface area contributed by atoms with Crippen molar-refractivity contribution in [2.75, 3.05) is 31.9 Å². The van der Waals surface area contributed by atoms with Crippen LogP contribution in [0.5, 0.6) is 0 Å². The lowest BCUT2D eigenvalue weighted by Gasteiger charge is -2.27. The summed E-state index contributed by atoms with van der Waals surface area (Å²) in [6.45, 7) is 5.28. The summed E-state index contributed by atoms with van der Waals surface area (Å²) in [4.78, 5) is 19.8. The standard InChI is InChI=1S/C25H26N4OS/c1-16-2-7-22-23(20(16)14-26)19-8-13-31-15-21(19)24(28-22)17-3-5-18(6-4-17)25(30)29-11-9-27-10-12-29/h2-7,14,26-27H,8-13,15H2,1H3. The van der Waals surface area contributed by atoms with Gasteiger partial charge in [0.1, 0.15) is 0 Å². The average Bonchev–Trinajstić information content (AvgIpc) is 2.84. The van der Waals surface area contributed by atoms with Crippen LogP contribution in [0.15, 0.2) is 36.4 Å². The molecule has 1 saturated heterocycles. The fourth-order valence-corrected chi connectivity index (χ4v) is 5.64. The van der Waals surface area contributed by atoms with Gasteiger partial charge in [-0.05, 0) is 54.0 Å². The van der Waals surface area contributed by atoms with Crippen molar-refractivity contribution in [2.45, 2.75) is 19.1 Å². The summed E-state index contributed by atoms with van der Waals surface area (Å²) in [7, 11) is 0. The quantitative estimate of drug-likeness (QED) is 0.616. The topological polar surface area (TPSA) is 69.1 Å². The Morgan fingerprint density at radius 2 is 1.90 bits per heavy atom. The SMILES string of the molecule is Cc1ccc2nc(-c3ccc(C(=O)N4CCNCC4)cc3)c3c(c2c1C=N)CCSC3. The van der Waals surface area contributed by atoms with E-state index in [9.17, 15) is 4.79 Å². The Morgan fingerprint density at radius 1 is 1.13 bits per heavy atom. The second kappa shape index (κ2) is 8.44. The zero-order chi connectivity index (χ0) is 21.4. The maximum Gasteiger partial charge on any atom is 0.253 e. The van der Waals surface area contributed by atoms with Gasteiger partial charge in [0.2, 0.25) is 0 Å². The number of amides is 1. The molecule has 1 fully saturated rings. The Balaban J connectivity index is 1.58. The third-order valence-electron chi connectivity index (χ3n) is 6.32. The van der Waals surface area contributed by atoms with Gasteiger partial charge in [0.25, 0.3) is 5.91 Å². The highest BCUT2D eigenvalue weighted by Gasteiger charge is 2.22. The number of aromatic nitrogens is 1. The number of hydrogen-bond donors (Lipinski definition) is 2. The van der Waals surface area contributed by atoms with Gasteiger partial charge in [-0.2, -0.15) is 11.8 Å². The van der Waals surface area contributed by atoms with Crippen LogP contribution in [0.2, 0.25) is 0 Å². The minimum atomic E-state index is 0.100. The first kappa shape index (κ1) is 20.2. The van der Waals surface area contributed by atoms with Crippen LogP contribution in [0.25, 0.3) is 22.2 Å². The average molecular weight is 431 g/mol. The number of rotatable bonds is 3. The van der Waals surface area contributed by atoms with Crippen LogP contribution in [0.3, 0.4) is 0 Å². The number of carbonyl (C=O) groups is 1. The van der Waals surface area contributed by atoms with E-state index in [1.54, 1.807) is 0 Å². The first-order valence-corrected chi connectivity index (χ1v) is 12.0. The smallest absolute Gasteiger partial charge is 0.253 e. The fourth-order valence-electron chi connectivity index (χ4n) is 4.63. The highest BCUT2D eigenvalue weighted by atomic mass is 32.2. The number of pyridine rings is 1.